The molecule has 9 heteroatoms. The van der Waals surface area contributed by atoms with Gasteiger partial charge in [0.05, 0.1) is 34.9 Å². The predicted molar refractivity (Wildman–Crippen MR) is 145 cm³/mol. The van der Waals surface area contributed by atoms with Gasteiger partial charge in [0.2, 0.25) is 11.8 Å². The van der Waals surface area contributed by atoms with E-state index in [1.165, 1.54) is 0 Å². The Hall–Kier alpha value is -3.72. The summed E-state index contributed by atoms with van der Waals surface area (Å²) in [6.45, 7) is 5.89. The molecule has 3 aromatic heterocycles. The van der Waals surface area contributed by atoms with E-state index in [0.717, 1.165) is 92.1 Å². The van der Waals surface area contributed by atoms with E-state index in [9.17, 15) is 4.79 Å². The first-order chi connectivity index (χ1) is 18.7. The number of hydrogen-bond donors (Lipinski definition) is 1. The van der Waals surface area contributed by atoms with Gasteiger partial charge in [-0.2, -0.15) is 5.10 Å². The van der Waals surface area contributed by atoms with E-state index in [1.54, 1.807) is 0 Å². The van der Waals surface area contributed by atoms with Gasteiger partial charge < -0.3 is 19.4 Å². The van der Waals surface area contributed by atoms with E-state index < -0.39 is 0 Å². The van der Waals surface area contributed by atoms with E-state index in [-0.39, 0.29) is 18.4 Å². The summed E-state index contributed by atoms with van der Waals surface area (Å²) in [5.41, 5.74) is 4.34. The molecule has 0 radical (unpaired) electrons. The van der Waals surface area contributed by atoms with Gasteiger partial charge in [0.1, 0.15) is 5.76 Å². The molecule has 5 heterocycles. The van der Waals surface area contributed by atoms with Crippen molar-refractivity contribution in [2.75, 3.05) is 31.6 Å². The van der Waals surface area contributed by atoms with Gasteiger partial charge in [-0.05, 0) is 38.2 Å². The summed E-state index contributed by atoms with van der Waals surface area (Å²) in [7, 11) is 0. The number of nitrogens with one attached hydrogen (secondary N) is 1. The average Bonchev–Trinajstić information content (AvgIpc) is 3.71. The Morgan fingerprint density at radius 1 is 1.11 bits per heavy atom. The molecule has 9 nitrogen and oxygen atoms in total. The molecule has 38 heavy (non-hydrogen) atoms. The number of amides is 1. The number of hydrogen-bond acceptors (Lipinski definition) is 7. The minimum absolute atomic E-state index is 0.106. The Kier molecular flexibility index (Phi) is 7.09. The number of benzene rings is 1. The number of nitrogens with zero attached hydrogens (tertiary/aromatic N) is 5. The Morgan fingerprint density at radius 2 is 1.89 bits per heavy atom. The molecule has 4 aromatic rings. The zero-order valence-electron chi connectivity index (χ0n) is 21.9. The molecule has 2 aliphatic rings. The van der Waals surface area contributed by atoms with Crippen molar-refractivity contribution in [2.24, 2.45) is 0 Å². The first kappa shape index (κ1) is 24.6. The summed E-state index contributed by atoms with van der Waals surface area (Å²) in [5.74, 6) is 1.31. The van der Waals surface area contributed by atoms with E-state index >= 15 is 0 Å². The van der Waals surface area contributed by atoms with Crippen LogP contribution in [0.3, 0.4) is 0 Å². The van der Waals surface area contributed by atoms with Gasteiger partial charge in [-0.3, -0.25) is 4.79 Å². The number of aryl methyl sites for hydroxylation is 1. The molecule has 0 aliphatic carbocycles. The van der Waals surface area contributed by atoms with Gasteiger partial charge in [-0.15, -0.1) is 0 Å². The number of fused-ring (bicyclic) bond motifs is 1. The first-order valence-corrected chi connectivity index (χ1v) is 13.7. The molecule has 0 saturated carbocycles. The Bertz CT molecular complexity index is 1400. The van der Waals surface area contributed by atoms with Gasteiger partial charge in [-0.25, -0.2) is 14.6 Å². The van der Waals surface area contributed by atoms with Crippen LogP contribution in [0.25, 0.3) is 22.5 Å². The number of oxazole rings is 1. The standard InChI is InChI=1S/C29H34N6O3/c1-2-35-28-22(19-31-35)27(32-21-10-14-37-15-11-21)23(18-30-28)29-33-24(17-26(36)34-12-6-7-13-34)25(38-29)16-20-8-4-3-5-9-20/h3-5,8-9,18-19,21H,2,6-7,10-17H2,1H3,(H,30,32). The van der Waals surface area contributed by atoms with Crippen LogP contribution in [0.1, 0.15) is 49.6 Å². The van der Waals surface area contributed by atoms with Crippen molar-refractivity contribution < 1.29 is 13.9 Å². The summed E-state index contributed by atoms with van der Waals surface area (Å²) in [4.78, 5) is 24.7. The molecule has 2 aliphatic heterocycles. The van der Waals surface area contributed by atoms with Crippen LogP contribution in [0.4, 0.5) is 5.69 Å². The maximum atomic E-state index is 13.1. The van der Waals surface area contributed by atoms with Crippen molar-refractivity contribution >= 4 is 22.6 Å². The van der Waals surface area contributed by atoms with Crippen LogP contribution in [0.5, 0.6) is 0 Å². The van der Waals surface area contributed by atoms with Crippen molar-refractivity contribution in [2.45, 2.75) is 58.0 Å². The average molecular weight is 515 g/mol. The van der Waals surface area contributed by atoms with Crippen molar-refractivity contribution in [3.63, 3.8) is 0 Å². The SMILES string of the molecule is CCn1ncc2c(NC3CCOCC3)c(-c3nc(CC(=O)N4CCCC4)c(Cc4ccccc4)o3)cnc21. The summed E-state index contributed by atoms with van der Waals surface area (Å²) < 4.78 is 13.9. The fraction of sp³-hybridized carbons (Fsp3) is 0.448. The second-order valence-electron chi connectivity index (χ2n) is 10.1. The number of pyridine rings is 1. The normalized spacial score (nSPS) is 16.4. The van der Waals surface area contributed by atoms with Crippen molar-refractivity contribution in [1.29, 1.82) is 0 Å². The Balaban J connectivity index is 1.41. The molecule has 0 unspecified atom stereocenters. The summed E-state index contributed by atoms with van der Waals surface area (Å²) in [6.07, 6.45) is 8.46. The van der Waals surface area contributed by atoms with Gasteiger partial charge in [-0.1, -0.05) is 30.3 Å². The van der Waals surface area contributed by atoms with E-state index in [2.05, 4.69) is 29.5 Å². The number of aromatic nitrogens is 4. The number of carbonyl (C=O) groups excluding carboxylic acids is 1. The second-order valence-corrected chi connectivity index (χ2v) is 10.1. The lowest BCUT2D eigenvalue weighted by Gasteiger charge is -2.25. The van der Waals surface area contributed by atoms with Gasteiger partial charge in [0.15, 0.2) is 5.65 Å². The van der Waals surface area contributed by atoms with Crippen LogP contribution in [0, 0.1) is 0 Å². The molecule has 198 valence electrons. The molecule has 1 amide bonds. The van der Waals surface area contributed by atoms with Crippen molar-refractivity contribution in [3.8, 4) is 11.5 Å². The van der Waals surface area contributed by atoms with Crippen molar-refractivity contribution in [3.05, 3.63) is 59.7 Å². The second kappa shape index (κ2) is 10.9. The highest BCUT2D eigenvalue weighted by molar-refractivity contribution is 5.96. The lowest BCUT2D eigenvalue weighted by Crippen LogP contribution is -2.29. The van der Waals surface area contributed by atoms with Gasteiger partial charge in [0, 0.05) is 51.5 Å². The third-order valence-corrected chi connectivity index (χ3v) is 7.53. The van der Waals surface area contributed by atoms with Crippen LogP contribution < -0.4 is 5.32 Å². The van der Waals surface area contributed by atoms with Crippen LogP contribution in [-0.4, -0.2) is 62.9 Å². The zero-order chi connectivity index (χ0) is 25.9. The molecule has 0 spiro atoms. The predicted octanol–water partition coefficient (Wildman–Crippen LogP) is 4.45. The van der Waals surface area contributed by atoms with E-state index in [1.807, 2.05) is 40.2 Å². The van der Waals surface area contributed by atoms with Crippen LogP contribution in [0.15, 0.2) is 47.1 Å². The van der Waals surface area contributed by atoms with E-state index in [4.69, 9.17) is 19.1 Å². The Morgan fingerprint density at radius 3 is 2.66 bits per heavy atom. The summed E-state index contributed by atoms with van der Waals surface area (Å²) >= 11 is 0. The van der Waals surface area contributed by atoms with Gasteiger partial charge >= 0.3 is 0 Å². The quantitative estimate of drug-likeness (QED) is 0.371. The molecule has 0 atom stereocenters. The van der Waals surface area contributed by atoms with Crippen molar-refractivity contribution in [1.82, 2.24) is 24.6 Å². The van der Waals surface area contributed by atoms with Crippen LogP contribution in [0.2, 0.25) is 0 Å². The topological polar surface area (TPSA) is 98.3 Å². The molecule has 6 rings (SSSR count). The fourth-order valence-electron chi connectivity index (χ4n) is 5.40. The highest BCUT2D eigenvalue weighted by Gasteiger charge is 2.26. The largest absolute Gasteiger partial charge is 0.440 e. The monoisotopic (exact) mass is 514 g/mol. The third kappa shape index (κ3) is 5.03. The highest BCUT2D eigenvalue weighted by Crippen LogP contribution is 2.36. The molecule has 1 aromatic carbocycles. The molecule has 0 bridgehead atoms. The maximum absolute atomic E-state index is 13.1. The maximum Gasteiger partial charge on any atom is 0.230 e. The number of likely N-dealkylation sites (tertiary alicyclic amines) is 1. The zero-order valence-corrected chi connectivity index (χ0v) is 21.9. The number of carbonyl (C=O) groups is 1. The molecular formula is C29H34N6O3. The third-order valence-electron chi connectivity index (χ3n) is 7.53. The van der Waals surface area contributed by atoms with Crippen LogP contribution >= 0.6 is 0 Å². The molecule has 1 N–H and O–H groups in total. The molecule has 2 fully saturated rings. The first-order valence-electron chi connectivity index (χ1n) is 13.7. The smallest absolute Gasteiger partial charge is 0.230 e. The Labute approximate surface area is 222 Å². The van der Waals surface area contributed by atoms with E-state index in [0.29, 0.717) is 18.0 Å². The number of anilines is 1. The summed E-state index contributed by atoms with van der Waals surface area (Å²) in [5, 5.41) is 9.23. The number of ether oxygens (including phenoxy) is 1. The molecule has 2 saturated heterocycles. The number of rotatable bonds is 8. The summed E-state index contributed by atoms with van der Waals surface area (Å²) in [6, 6.07) is 10.4. The van der Waals surface area contributed by atoms with Crippen LogP contribution in [-0.2, 0) is 28.9 Å². The van der Waals surface area contributed by atoms with Gasteiger partial charge in [0.25, 0.3) is 0 Å². The molecular weight excluding hydrogens is 480 g/mol. The lowest BCUT2D eigenvalue weighted by molar-refractivity contribution is -0.129. The fourth-order valence-corrected chi connectivity index (χ4v) is 5.40. The lowest BCUT2D eigenvalue weighted by atomic mass is 10.1. The minimum atomic E-state index is 0.106. The highest BCUT2D eigenvalue weighted by atomic mass is 16.5. The minimum Gasteiger partial charge on any atom is -0.440 e.